The Bertz CT molecular complexity index is 68.2. The van der Waals surface area contributed by atoms with Crippen molar-refractivity contribution in [2.75, 3.05) is 13.2 Å². The quantitative estimate of drug-likeness (QED) is 0.522. The Balaban J connectivity index is 0.000000148. The van der Waals surface area contributed by atoms with E-state index in [4.69, 9.17) is 0 Å². The predicted octanol–water partition coefficient (Wildman–Crippen LogP) is 1.28. The number of hydrogen-bond acceptors (Lipinski definition) is 2. The number of nitrogens with one attached hydrogen (secondary N) is 1. The third-order valence-corrected chi connectivity index (χ3v) is 0.568. The maximum absolute atomic E-state index is 3.85. The molecular formula is C7H16N2. The molecule has 0 aromatic rings. The first kappa shape index (κ1) is 8.63. The number of hydrogen-bond donors (Lipinski definition) is 1. The summed E-state index contributed by atoms with van der Waals surface area (Å²) in [6.07, 6.45) is 1.88. The van der Waals surface area contributed by atoms with E-state index in [-0.39, 0.29) is 0 Å². The van der Waals surface area contributed by atoms with E-state index < -0.39 is 0 Å². The van der Waals surface area contributed by atoms with Crippen LogP contribution in [0.4, 0.5) is 0 Å². The van der Waals surface area contributed by atoms with Gasteiger partial charge in [-0.2, -0.15) is 0 Å². The highest BCUT2D eigenvalue weighted by molar-refractivity contribution is 5.61. The molecule has 1 rings (SSSR count). The second-order valence-corrected chi connectivity index (χ2v) is 2.71. The van der Waals surface area contributed by atoms with Crippen LogP contribution >= 0.6 is 0 Å². The lowest BCUT2D eigenvalue weighted by Crippen LogP contribution is -2.06. The molecule has 0 bridgehead atoms. The first-order valence-corrected chi connectivity index (χ1v) is 3.42. The van der Waals surface area contributed by atoms with Crippen LogP contribution in [0.5, 0.6) is 0 Å². The highest BCUT2D eigenvalue weighted by Gasteiger charge is 1.82. The molecule has 0 radical (unpaired) electrons. The Kier molecular flexibility index (Phi) is 5.52. The fourth-order valence-electron chi connectivity index (χ4n) is 0.323. The second-order valence-electron chi connectivity index (χ2n) is 2.71. The molecule has 1 N–H and O–H groups in total. The van der Waals surface area contributed by atoms with Gasteiger partial charge in [0.05, 0.1) is 6.67 Å². The van der Waals surface area contributed by atoms with E-state index in [9.17, 15) is 0 Å². The fraction of sp³-hybridized carbons (Fsp3) is 0.857. The molecule has 0 amide bonds. The summed E-state index contributed by atoms with van der Waals surface area (Å²) < 4.78 is 0. The van der Waals surface area contributed by atoms with Crippen LogP contribution in [0.15, 0.2) is 4.99 Å². The first-order chi connectivity index (χ1) is 4.23. The second kappa shape index (κ2) is 5.76. The summed E-state index contributed by atoms with van der Waals surface area (Å²) in [4.78, 5) is 3.85. The van der Waals surface area contributed by atoms with Crippen molar-refractivity contribution in [2.24, 2.45) is 10.9 Å². The minimum absolute atomic E-state index is 0.819. The molecule has 1 aliphatic heterocycles. The van der Waals surface area contributed by atoms with Crippen molar-refractivity contribution in [1.82, 2.24) is 5.32 Å². The van der Waals surface area contributed by atoms with E-state index in [0.717, 1.165) is 19.1 Å². The molecule has 0 aliphatic carbocycles. The average molecular weight is 128 g/mol. The molecule has 54 valence electrons. The number of nitrogens with zero attached hydrogens (tertiary/aromatic N) is 1. The fourth-order valence-corrected chi connectivity index (χ4v) is 0.323. The van der Waals surface area contributed by atoms with Gasteiger partial charge in [0.1, 0.15) is 0 Å². The zero-order valence-electron chi connectivity index (χ0n) is 6.52. The van der Waals surface area contributed by atoms with Crippen LogP contribution in [0.1, 0.15) is 20.8 Å². The van der Waals surface area contributed by atoms with Crippen molar-refractivity contribution in [1.29, 1.82) is 0 Å². The molecular weight excluding hydrogens is 112 g/mol. The van der Waals surface area contributed by atoms with Gasteiger partial charge in [-0.3, -0.25) is 10.3 Å². The minimum Gasteiger partial charge on any atom is -0.293 e. The third kappa shape index (κ3) is 11.3. The molecule has 2 nitrogen and oxygen atoms in total. The highest BCUT2D eigenvalue weighted by atomic mass is 15.0. The van der Waals surface area contributed by atoms with Crippen molar-refractivity contribution < 1.29 is 0 Å². The number of aliphatic imine (C=N–C) groups is 1. The smallest absolute Gasteiger partial charge is 0.0883 e. The van der Waals surface area contributed by atoms with E-state index in [2.05, 4.69) is 31.1 Å². The van der Waals surface area contributed by atoms with Crippen molar-refractivity contribution in [3.63, 3.8) is 0 Å². The normalized spacial score (nSPS) is 15.6. The summed E-state index contributed by atoms with van der Waals surface area (Å²) in [6.45, 7) is 8.28. The van der Waals surface area contributed by atoms with Crippen molar-refractivity contribution in [3.8, 4) is 0 Å². The zero-order valence-corrected chi connectivity index (χ0v) is 6.52. The molecule has 0 spiro atoms. The molecule has 0 fully saturated rings. The van der Waals surface area contributed by atoms with E-state index in [1.807, 2.05) is 6.21 Å². The Labute approximate surface area is 57.4 Å². The van der Waals surface area contributed by atoms with Gasteiger partial charge < -0.3 is 0 Å². The Morgan fingerprint density at radius 2 is 2.00 bits per heavy atom. The summed E-state index contributed by atoms with van der Waals surface area (Å²) in [5, 5.41) is 3.00. The van der Waals surface area contributed by atoms with Crippen LogP contribution in [0.3, 0.4) is 0 Å². The van der Waals surface area contributed by atoms with E-state index in [1.165, 1.54) is 0 Å². The Morgan fingerprint density at radius 1 is 1.44 bits per heavy atom. The third-order valence-electron chi connectivity index (χ3n) is 0.568. The van der Waals surface area contributed by atoms with Gasteiger partial charge in [0, 0.05) is 12.8 Å². The van der Waals surface area contributed by atoms with Crippen LogP contribution < -0.4 is 5.32 Å². The van der Waals surface area contributed by atoms with Crippen molar-refractivity contribution in [2.45, 2.75) is 20.8 Å². The van der Waals surface area contributed by atoms with Crippen LogP contribution in [0.2, 0.25) is 0 Å². The van der Waals surface area contributed by atoms with E-state index in [1.54, 1.807) is 0 Å². The lowest BCUT2D eigenvalue weighted by atomic mass is 10.3. The standard InChI is InChI=1S/C4H10.C3H6N2/c1-4(2)3;1-2-5-3-4-1/h4H,1-3H3;1,5H,2-3H2. The van der Waals surface area contributed by atoms with Gasteiger partial charge in [0.2, 0.25) is 0 Å². The van der Waals surface area contributed by atoms with Crippen molar-refractivity contribution >= 4 is 6.21 Å². The van der Waals surface area contributed by atoms with Gasteiger partial charge >= 0.3 is 0 Å². The van der Waals surface area contributed by atoms with Crippen LogP contribution in [-0.4, -0.2) is 19.4 Å². The summed E-state index contributed by atoms with van der Waals surface area (Å²) in [7, 11) is 0. The van der Waals surface area contributed by atoms with Crippen molar-refractivity contribution in [3.05, 3.63) is 0 Å². The zero-order chi connectivity index (χ0) is 7.11. The maximum atomic E-state index is 3.85. The SMILES string of the molecule is C1=NCNC1.CC(C)C. The molecule has 0 aromatic heterocycles. The minimum atomic E-state index is 0.819. The summed E-state index contributed by atoms with van der Waals surface area (Å²) in [5.74, 6) is 0.833. The van der Waals surface area contributed by atoms with E-state index >= 15 is 0 Å². The van der Waals surface area contributed by atoms with Gasteiger partial charge in [0.25, 0.3) is 0 Å². The molecule has 0 saturated carbocycles. The number of rotatable bonds is 0. The molecule has 0 atom stereocenters. The van der Waals surface area contributed by atoms with Gasteiger partial charge in [-0.05, 0) is 5.92 Å². The van der Waals surface area contributed by atoms with Gasteiger partial charge in [0.15, 0.2) is 0 Å². The van der Waals surface area contributed by atoms with Crippen LogP contribution in [0.25, 0.3) is 0 Å². The molecule has 0 unspecified atom stereocenters. The van der Waals surface area contributed by atoms with Gasteiger partial charge in [-0.25, -0.2) is 0 Å². The van der Waals surface area contributed by atoms with Gasteiger partial charge in [-0.15, -0.1) is 0 Å². The Hall–Kier alpha value is -0.370. The largest absolute Gasteiger partial charge is 0.293 e. The molecule has 0 saturated heterocycles. The summed E-state index contributed by atoms with van der Waals surface area (Å²) in [5.41, 5.74) is 0. The summed E-state index contributed by atoms with van der Waals surface area (Å²) >= 11 is 0. The molecule has 1 heterocycles. The maximum Gasteiger partial charge on any atom is 0.0883 e. The average Bonchev–Trinajstić information content (AvgIpc) is 2.11. The van der Waals surface area contributed by atoms with Crippen LogP contribution in [0, 0.1) is 5.92 Å². The lowest BCUT2D eigenvalue weighted by molar-refractivity contribution is 0.737. The monoisotopic (exact) mass is 128 g/mol. The molecule has 2 heteroatoms. The summed E-state index contributed by atoms with van der Waals surface area (Å²) in [6, 6.07) is 0. The van der Waals surface area contributed by atoms with Gasteiger partial charge in [-0.1, -0.05) is 20.8 Å². The first-order valence-electron chi connectivity index (χ1n) is 3.42. The molecule has 9 heavy (non-hydrogen) atoms. The van der Waals surface area contributed by atoms with Crippen LogP contribution in [-0.2, 0) is 0 Å². The predicted molar refractivity (Wildman–Crippen MR) is 41.9 cm³/mol. The Morgan fingerprint density at radius 3 is 2.11 bits per heavy atom. The molecule has 0 aromatic carbocycles. The highest BCUT2D eigenvalue weighted by Crippen LogP contribution is 1.81. The lowest BCUT2D eigenvalue weighted by Gasteiger charge is -1.79. The topological polar surface area (TPSA) is 24.4 Å². The van der Waals surface area contributed by atoms with E-state index in [0.29, 0.717) is 0 Å². The molecule has 1 aliphatic rings.